The van der Waals surface area contributed by atoms with Crippen LogP contribution in [0.15, 0.2) is 24.3 Å². The molecular formula is C19H30N2. The first kappa shape index (κ1) is 15.1. The molecule has 0 aromatic heterocycles. The molecule has 3 rings (SSSR count). The van der Waals surface area contributed by atoms with E-state index in [1.54, 1.807) is 5.56 Å². The molecule has 0 bridgehead atoms. The van der Waals surface area contributed by atoms with Gasteiger partial charge in [-0.05, 0) is 81.2 Å². The molecule has 0 amide bonds. The van der Waals surface area contributed by atoms with Gasteiger partial charge in [0.05, 0.1) is 0 Å². The van der Waals surface area contributed by atoms with Crippen molar-refractivity contribution < 1.29 is 0 Å². The van der Waals surface area contributed by atoms with E-state index in [-0.39, 0.29) is 0 Å². The largest absolute Gasteiger partial charge is 0.313 e. The minimum Gasteiger partial charge on any atom is -0.313 e. The van der Waals surface area contributed by atoms with Crippen molar-refractivity contribution in [2.45, 2.75) is 51.5 Å². The normalized spacial score (nSPS) is 20.8. The maximum atomic E-state index is 3.61. The topological polar surface area (TPSA) is 15.3 Å². The molecule has 1 aromatic carbocycles. The summed E-state index contributed by atoms with van der Waals surface area (Å²) in [7, 11) is 0. The van der Waals surface area contributed by atoms with E-state index < -0.39 is 0 Å². The van der Waals surface area contributed by atoms with Crippen LogP contribution >= 0.6 is 0 Å². The molecule has 1 N–H and O–H groups in total. The third-order valence-corrected chi connectivity index (χ3v) is 5.03. The number of nitrogens with one attached hydrogen (secondary N) is 1. The Balaban J connectivity index is 1.30. The molecule has 0 radical (unpaired) electrons. The van der Waals surface area contributed by atoms with Crippen LogP contribution in [0.25, 0.3) is 0 Å². The highest BCUT2D eigenvalue weighted by atomic mass is 15.1. The highest BCUT2D eigenvalue weighted by Crippen LogP contribution is 2.40. The molecule has 2 heteroatoms. The van der Waals surface area contributed by atoms with E-state index >= 15 is 0 Å². The van der Waals surface area contributed by atoms with E-state index in [0.29, 0.717) is 0 Å². The van der Waals surface area contributed by atoms with Crippen molar-refractivity contribution in [3.63, 3.8) is 0 Å². The summed E-state index contributed by atoms with van der Waals surface area (Å²) in [5.41, 5.74) is 3.00. The molecule has 21 heavy (non-hydrogen) atoms. The first-order valence-electron chi connectivity index (χ1n) is 8.83. The molecule has 0 spiro atoms. The first-order valence-corrected chi connectivity index (χ1v) is 8.83. The maximum absolute atomic E-state index is 3.61. The lowest BCUT2D eigenvalue weighted by Gasteiger charge is -2.30. The molecule has 2 nitrogen and oxygen atoms in total. The van der Waals surface area contributed by atoms with E-state index in [0.717, 1.165) is 24.9 Å². The number of likely N-dealkylation sites (tertiary alicyclic amines) is 1. The van der Waals surface area contributed by atoms with Gasteiger partial charge in [-0.25, -0.2) is 0 Å². The molecule has 116 valence electrons. The lowest BCUT2D eigenvalue weighted by Crippen LogP contribution is -2.34. The van der Waals surface area contributed by atoms with Gasteiger partial charge in [0.25, 0.3) is 0 Å². The molecule has 1 aliphatic heterocycles. The highest BCUT2D eigenvalue weighted by molar-refractivity contribution is 5.29. The summed E-state index contributed by atoms with van der Waals surface area (Å²) in [5.74, 6) is 1.81. The third-order valence-electron chi connectivity index (χ3n) is 5.03. The van der Waals surface area contributed by atoms with Crippen molar-refractivity contribution in [2.75, 3.05) is 26.2 Å². The molecule has 1 saturated heterocycles. The Morgan fingerprint density at radius 2 is 1.95 bits per heavy atom. The fourth-order valence-corrected chi connectivity index (χ4v) is 3.32. The van der Waals surface area contributed by atoms with Gasteiger partial charge in [-0.15, -0.1) is 0 Å². The Hall–Kier alpha value is -0.860. The van der Waals surface area contributed by atoms with Crippen LogP contribution in [0.2, 0.25) is 0 Å². The zero-order valence-corrected chi connectivity index (χ0v) is 13.5. The van der Waals surface area contributed by atoms with Crippen LogP contribution in [0.1, 0.15) is 56.1 Å². The van der Waals surface area contributed by atoms with E-state index in [9.17, 15) is 0 Å². The van der Waals surface area contributed by atoms with E-state index in [2.05, 4.69) is 41.4 Å². The van der Waals surface area contributed by atoms with Gasteiger partial charge in [0.2, 0.25) is 0 Å². The van der Waals surface area contributed by atoms with Crippen LogP contribution in [-0.4, -0.2) is 31.1 Å². The second-order valence-electron chi connectivity index (χ2n) is 7.07. The molecule has 2 aliphatic rings. The Labute approximate surface area is 129 Å². The van der Waals surface area contributed by atoms with Gasteiger partial charge in [-0.2, -0.15) is 0 Å². The van der Waals surface area contributed by atoms with Gasteiger partial charge in [-0.3, -0.25) is 0 Å². The highest BCUT2D eigenvalue weighted by Gasteiger charge is 2.23. The van der Waals surface area contributed by atoms with E-state index in [1.807, 2.05) is 0 Å². The fourth-order valence-electron chi connectivity index (χ4n) is 3.32. The average Bonchev–Trinajstić information content (AvgIpc) is 3.34. The van der Waals surface area contributed by atoms with Crippen LogP contribution in [0, 0.1) is 5.92 Å². The third kappa shape index (κ3) is 4.82. The zero-order valence-electron chi connectivity index (χ0n) is 13.5. The molecule has 1 aliphatic carbocycles. The van der Waals surface area contributed by atoms with Crippen molar-refractivity contribution in [3.8, 4) is 0 Å². The van der Waals surface area contributed by atoms with Crippen molar-refractivity contribution in [3.05, 3.63) is 35.4 Å². The summed E-state index contributed by atoms with van der Waals surface area (Å²) >= 11 is 0. The summed E-state index contributed by atoms with van der Waals surface area (Å²) in [6.07, 6.45) is 6.84. The smallest absolute Gasteiger partial charge is 0.0205 e. The van der Waals surface area contributed by atoms with Crippen LogP contribution in [-0.2, 0) is 6.54 Å². The molecular weight excluding hydrogens is 256 g/mol. The minimum absolute atomic E-state index is 0.867. The standard InChI is InChI=1S/C19H30N2/c1-16-8-12-21(13-9-16)11-3-10-20-15-17-4-2-5-19(14-17)18-6-7-18/h2,4-5,14,16,18,20H,3,6-13,15H2,1H3. The van der Waals surface area contributed by atoms with Crippen LogP contribution in [0.3, 0.4) is 0 Å². The quantitative estimate of drug-likeness (QED) is 0.768. The molecule has 2 fully saturated rings. The predicted molar refractivity (Wildman–Crippen MR) is 89.6 cm³/mol. The van der Waals surface area contributed by atoms with Crippen molar-refractivity contribution in [1.82, 2.24) is 10.2 Å². The number of nitrogens with zero attached hydrogens (tertiary/aromatic N) is 1. The number of rotatable bonds is 7. The van der Waals surface area contributed by atoms with Gasteiger partial charge < -0.3 is 10.2 Å². The van der Waals surface area contributed by atoms with Gasteiger partial charge in [0, 0.05) is 6.54 Å². The van der Waals surface area contributed by atoms with Gasteiger partial charge in [0.15, 0.2) is 0 Å². The number of piperidine rings is 1. The minimum atomic E-state index is 0.867. The predicted octanol–water partition coefficient (Wildman–Crippen LogP) is 3.78. The van der Waals surface area contributed by atoms with Crippen LogP contribution < -0.4 is 5.32 Å². The number of benzene rings is 1. The lowest BCUT2D eigenvalue weighted by molar-refractivity contribution is 0.190. The average molecular weight is 286 g/mol. The first-order chi connectivity index (χ1) is 10.3. The summed E-state index contributed by atoms with van der Waals surface area (Å²) in [4.78, 5) is 2.63. The van der Waals surface area contributed by atoms with E-state index in [1.165, 1.54) is 57.3 Å². The number of hydrogen-bond donors (Lipinski definition) is 1. The molecule has 0 atom stereocenters. The zero-order chi connectivity index (χ0) is 14.5. The summed E-state index contributed by atoms with van der Waals surface area (Å²) in [5, 5.41) is 3.61. The Kier molecular flexibility index (Phi) is 5.32. The lowest BCUT2D eigenvalue weighted by atomic mass is 9.99. The van der Waals surface area contributed by atoms with Gasteiger partial charge >= 0.3 is 0 Å². The monoisotopic (exact) mass is 286 g/mol. The van der Waals surface area contributed by atoms with Crippen LogP contribution in [0.5, 0.6) is 0 Å². The summed E-state index contributed by atoms with van der Waals surface area (Å²) in [6, 6.07) is 9.17. The fraction of sp³-hybridized carbons (Fsp3) is 0.684. The number of hydrogen-bond acceptors (Lipinski definition) is 2. The Morgan fingerprint density at radius 1 is 1.14 bits per heavy atom. The summed E-state index contributed by atoms with van der Waals surface area (Å²) < 4.78 is 0. The summed E-state index contributed by atoms with van der Waals surface area (Å²) in [6.45, 7) is 8.43. The second-order valence-corrected chi connectivity index (χ2v) is 7.07. The second kappa shape index (κ2) is 7.42. The Morgan fingerprint density at radius 3 is 2.71 bits per heavy atom. The Bertz CT molecular complexity index is 431. The van der Waals surface area contributed by atoms with Gasteiger partial charge in [0.1, 0.15) is 0 Å². The van der Waals surface area contributed by atoms with Crippen molar-refractivity contribution in [2.24, 2.45) is 5.92 Å². The van der Waals surface area contributed by atoms with E-state index in [4.69, 9.17) is 0 Å². The SMILES string of the molecule is CC1CCN(CCCNCc2cccc(C3CC3)c2)CC1. The van der Waals surface area contributed by atoms with Gasteiger partial charge in [-0.1, -0.05) is 31.2 Å². The van der Waals surface area contributed by atoms with Crippen molar-refractivity contribution in [1.29, 1.82) is 0 Å². The van der Waals surface area contributed by atoms with Crippen LogP contribution in [0.4, 0.5) is 0 Å². The molecule has 1 aromatic rings. The maximum Gasteiger partial charge on any atom is 0.0205 e. The van der Waals surface area contributed by atoms with Crippen molar-refractivity contribution >= 4 is 0 Å². The molecule has 0 unspecified atom stereocenters. The molecule has 1 saturated carbocycles. The molecule has 1 heterocycles.